The molecule has 0 atom stereocenters. The van der Waals surface area contributed by atoms with Gasteiger partial charge < -0.3 is 15.4 Å². The van der Waals surface area contributed by atoms with Crippen molar-refractivity contribution in [2.24, 2.45) is 0 Å². The van der Waals surface area contributed by atoms with Crippen LogP contribution in [0, 0.1) is 6.92 Å². The van der Waals surface area contributed by atoms with Crippen LogP contribution in [-0.2, 0) is 4.74 Å². The SMILES string of the molecule is CCCCCNc1cc(C(=O)NCCCOC)nc(C)n1. The molecule has 0 spiro atoms. The van der Waals surface area contributed by atoms with Crippen LogP contribution in [0.2, 0.25) is 0 Å². The Bertz CT molecular complexity index is 438. The van der Waals surface area contributed by atoms with Crippen molar-refractivity contribution < 1.29 is 9.53 Å². The number of ether oxygens (including phenoxy) is 1. The highest BCUT2D eigenvalue weighted by Gasteiger charge is 2.09. The van der Waals surface area contributed by atoms with Crippen LogP contribution < -0.4 is 10.6 Å². The second-order valence-corrected chi connectivity index (χ2v) is 4.92. The predicted octanol–water partition coefficient (Wildman–Crippen LogP) is 2.15. The smallest absolute Gasteiger partial charge is 0.270 e. The molecular formula is C15H26N4O2. The van der Waals surface area contributed by atoms with Gasteiger partial charge in [0.1, 0.15) is 17.3 Å². The fourth-order valence-corrected chi connectivity index (χ4v) is 1.88. The summed E-state index contributed by atoms with van der Waals surface area (Å²) in [6, 6.07) is 1.70. The van der Waals surface area contributed by atoms with Crippen molar-refractivity contribution in [3.05, 3.63) is 17.6 Å². The van der Waals surface area contributed by atoms with Crippen LogP contribution in [0.15, 0.2) is 6.07 Å². The van der Waals surface area contributed by atoms with Gasteiger partial charge in [-0.25, -0.2) is 9.97 Å². The third-order valence-electron chi connectivity index (χ3n) is 2.97. The lowest BCUT2D eigenvalue weighted by Crippen LogP contribution is -2.26. The van der Waals surface area contributed by atoms with Crippen molar-refractivity contribution in [2.45, 2.75) is 39.5 Å². The monoisotopic (exact) mass is 294 g/mol. The highest BCUT2D eigenvalue weighted by Crippen LogP contribution is 2.07. The van der Waals surface area contributed by atoms with Crippen LogP contribution in [0.25, 0.3) is 0 Å². The average molecular weight is 294 g/mol. The van der Waals surface area contributed by atoms with E-state index in [0.29, 0.717) is 30.5 Å². The minimum Gasteiger partial charge on any atom is -0.385 e. The summed E-state index contributed by atoms with van der Waals surface area (Å²) in [6.07, 6.45) is 4.25. The number of carbonyl (C=O) groups excluding carboxylic acids is 1. The number of hydrogen-bond acceptors (Lipinski definition) is 5. The van der Waals surface area contributed by atoms with Gasteiger partial charge in [-0.1, -0.05) is 19.8 Å². The van der Waals surface area contributed by atoms with Gasteiger partial charge in [0.25, 0.3) is 5.91 Å². The Morgan fingerprint density at radius 2 is 2.05 bits per heavy atom. The molecule has 0 bridgehead atoms. The molecule has 0 saturated carbocycles. The Kier molecular flexibility index (Phi) is 8.35. The van der Waals surface area contributed by atoms with E-state index in [2.05, 4.69) is 27.5 Å². The summed E-state index contributed by atoms with van der Waals surface area (Å²) in [5.41, 5.74) is 0.401. The van der Waals surface area contributed by atoms with Gasteiger partial charge >= 0.3 is 0 Å². The van der Waals surface area contributed by atoms with Crippen molar-refractivity contribution in [3.63, 3.8) is 0 Å². The highest BCUT2D eigenvalue weighted by atomic mass is 16.5. The number of nitrogens with zero attached hydrogens (tertiary/aromatic N) is 2. The third kappa shape index (κ3) is 7.04. The predicted molar refractivity (Wildman–Crippen MR) is 83.6 cm³/mol. The molecule has 0 aliphatic rings. The zero-order valence-electron chi connectivity index (χ0n) is 13.2. The molecule has 0 aromatic carbocycles. The maximum Gasteiger partial charge on any atom is 0.270 e. The zero-order chi connectivity index (χ0) is 15.5. The van der Waals surface area contributed by atoms with E-state index < -0.39 is 0 Å². The van der Waals surface area contributed by atoms with Crippen LogP contribution >= 0.6 is 0 Å². The first-order valence-electron chi connectivity index (χ1n) is 7.54. The molecule has 0 aliphatic heterocycles. The summed E-state index contributed by atoms with van der Waals surface area (Å²) in [6.45, 7) is 6.03. The van der Waals surface area contributed by atoms with Crippen LogP contribution in [0.4, 0.5) is 5.82 Å². The average Bonchev–Trinajstić information content (AvgIpc) is 2.47. The van der Waals surface area contributed by atoms with Gasteiger partial charge in [0.05, 0.1) is 0 Å². The second-order valence-electron chi connectivity index (χ2n) is 4.92. The van der Waals surface area contributed by atoms with E-state index in [1.807, 2.05) is 0 Å². The molecule has 1 rings (SSSR count). The molecule has 0 radical (unpaired) electrons. The number of anilines is 1. The first-order valence-corrected chi connectivity index (χ1v) is 7.54. The van der Waals surface area contributed by atoms with Gasteiger partial charge in [-0.15, -0.1) is 0 Å². The maximum absolute atomic E-state index is 12.0. The van der Waals surface area contributed by atoms with Crippen molar-refractivity contribution in [3.8, 4) is 0 Å². The van der Waals surface area contributed by atoms with Crippen molar-refractivity contribution in [1.29, 1.82) is 0 Å². The van der Waals surface area contributed by atoms with Gasteiger partial charge in [0.15, 0.2) is 0 Å². The summed E-state index contributed by atoms with van der Waals surface area (Å²) in [5, 5.41) is 6.07. The third-order valence-corrected chi connectivity index (χ3v) is 2.97. The molecule has 1 aromatic rings. The van der Waals surface area contributed by atoms with E-state index in [0.717, 1.165) is 19.4 Å². The van der Waals surface area contributed by atoms with Gasteiger partial charge in [0.2, 0.25) is 0 Å². The van der Waals surface area contributed by atoms with Crippen LogP contribution in [-0.4, -0.2) is 42.7 Å². The number of unbranched alkanes of at least 4 members (excludes halogenated alkanes) is 2. The number of rotatable bonds is 10. The normalized spacial score (nSPS) is 10.4. The van der Waals surface area contributed by atoms with E-state index in [-0.39, 0.29) is 5.91 Å². The lowest BCUT2D eigenvalue weighted by atomic mass is 10.2. The largest absolute Gasteiger partial charge is 0.385 e. The molecule has 0 aliphatic carbocycles. The highest BCUT2D eigenvalue weighted by molar-refractivity contribution is 5.92. The standard InChI is InChI=1S/C15H26N4O2/c1-4-5-6-8-16-14-11-13(18-12(2)19-14)15(20)17-9-7-10-21-3/h11H,4-10H2,1-3H3,(H,17,20)(H,16,18,19). The Morgan fingerprint density at radius 3 is 2.76 bits per heavy atom. The molecule has 118 valence electrons. The van der Waals surface area contributed by atoms with Crippen LogP contribution in [0.1, 0.15) is 48.9 Å². The summed E-state index contributed by atoms with van der Waals surface area (Å²) >= 11 is 0. The fourth-order valence-electron chi connectivity index (χ4n) is 1.88. The molecule has 0 fully saturated rings. The molecule has 0 unspecified atom stereocenters. The van der Waals surface area contributed by atoms with E-state index >= 15 is 0 Å². The number of methoxy groups -OCH3 is 1. The van der Waals surface area contributed by atoms with Crippen molar-refractivity contribution in [2.75, 3.05) is 32.1 Å². The molecule has 1 aromatic heterocycles. The second kappa shape index (κ2) is 10.1. The lowest BCUT2D eigenvalue weighted by Gasteiger charge is -2.09. The van der Waals surface area contributed by atoms with Gasteiger partial charge in [-0.05, 0) is 19.8 Å². The molecular weight excluding hydrogens is 268 g/mol. The molecule has 1 amide bonds. The molecule has 0 saturated heterocycles. The summed E-state index contributed by atoms with van der Waals surface area (Å²) in [5.74, 6) is 1.13. The van der Waals surface area contributed by atoms with E-state index in [4.69, 9.17) is 4.74 Å². The fraction of sp³-hybridized carbons (Fsp3) is 0.667. The van der Waals surface area contributed by atoms with Gasteiger partial charge in [0, 0.05) is 32.9 Å². The lowest BCUT2D eigenvalue weighted by molar-refractivity contribution is 0.0943. The summed E-state index contributed by atoms with van der Waals surface area (Å²) in [4.78, 5) is 20.5. The van der Waals surface area contributed by atoms with E-state index in [1.54, 1.807) is 20.1 Å². The Hall–Kier alpha value is -1.69. The van der Waals surface area contributed by atoms with Crippen molar-refractivity contribution >= 4 is 11.7 Å². The molecule has 21 heavy (non-hydrogen) atoms. The first kappa shape index (κ1) is 17.4. The Balaban J connectivity index is 2.53. The van der Waals surface area contributed by atoms with Crippen LogP contribution in [0.5, 0.6) is 0 Å². The number of nitrogens with one attached hydrogen (secondary N) is 2. The van der Waals surface area contributed by atoms with Crippen LogP contribution in [0.3, 0.4) is 0 Å². The zero-order valence-corrected chi connectivity index (χ0v) is 13.2. The summed E-state index contributed by atoms with van der Waals surface area (Å²) < 4.78 is 4.94. The topological polar surface area (TPSA) is 76.1 Å². The Morgan fingerprint density at radius 1 is 1.24 bits per heavy atom. The quantitative estimate of drug-likeness (QED) is 0.647. The minimum absolute atomic E-state index is 0.173. The molecule has 2 N–H and O–H groups in total. The van der Waals surface area contributed by atoms with E-state index in [9.17, 15) is 4.79 Å². The maximum atomic E-state index is 12.0. The molecule has 1 heterocycles. The van der Waals surface area contributed by atoms with Crippen molar-refractivity contribution in [1.82, 2.24) is 15.3 Å². The number of hydrogen-bond donors (Lipinski definition) is 2. The molecule has 6 nitrogen and oxygen atoms in total. The summed E-state index contributed by atoms with van der Waals surface area (Å²) in [7, 11) is 1.64. The Labute approximate surface area is 126 Å². The number of carbonyl (C=O) groups is 1. The van der Waals surface area contributed by atoms with Gasteiger partial charge in [-0.3, -0.25) is 4.79 Å². The molecule has 6 heteroatoms. The number of aromatic nitrogens is 2. The minimum atomic E-state index is -0.173. The van der Waals surface area contributed by atoms with Gasteiger partial charge in [-0.2, -0.15) is 0 Å². The van der Waals surface area contributed by atoms with E-state index in [1.165, 1.54) is 12.8 Å². The first-order chi connectivity index (χ1) is 10.2. The number of aryl methyl sites for hydroxylation is 1. The number of amides is 1.